The van der Waals surface area contributed by atoms with E-state index >= 15 is 0 Å². The second-order valence-electron chi connectivity index (χ2n) is 5.57. The third-order valence-electron chi connectivity index (χ3n) is 3.75. The quantitative estimate of drug-likeness (QED) is 0.785. The number of ketones is 1. The number of nitriles is 1. The third-order valence-corrected chi connectivity index (χ3v) is 3.75. The summed E-state index contributed by atoms with van der Waals surface area (Å²) in [5.74, 6) is 0.0833. The summed E-state index contributed by atoms with van der Waals surface area (Å²) < 4.78 is 5.01. The summed E-state index contributed by atoms with van der Waals surface area (Å²) in [6.07, 6.45) is 6.15. The molecule has 1 aliphatic rings. The van der Waals surface area contributed by atoms with Crippen LogP contribution < -0.4 is 0 Å². The Kier molecular flexibility index (Phi) is 2.82. The molecule has 1 unspecified atom stereocenters. The van der Waals surface area contributed by atoms with Crippen LogP contribution in [0.1, 0.15) is 38.7 Å². The number of rotatable bonds is 2. The van der Waals surface area contributed by atoms with E-state index in [2.05, 4.69) is 6.07 Å². The first-order chi connectivity index (χ1) is 8.00. The van der Waals surface area contributed by atoms with E-state index in [1.807, 2.05) is 19.9 Å². The molecule has 1 heterocycles. The molecule has 2 rings (SSSR count). The lowest BCUT2D eigenvalue weighted by Crippen LogP contribution is -2.45. The van der Waals surface area contributed by atoms with Crippen molar-refractivity contribution in [3.63, 3.8) is 0 Å². The van der Waals surface area contributed by atoms with Gasteiger partial charge < -0.3 is 4.42 Å². The summed E-state index contributed by atoms with van der Waals surface area (Å²) in [6.45, 7) is 3.88. The van der Waals surface area contributed by atoms with Crippen molar-refractivity contribution < 1.29 is 9.21 Å². The van der Waals surface area contributed by atoms with Crippen molar-refractivity contribution in [3.8, 4) is 6.07 Å². The molecule has 0 spiro atoms. The van der Waals surface area contributed by atoms with Crippen molar-refractivity contribution in [1.82, 2.24) is 0 Å². The Morgan fingerprint density at radius 2 is 2.24 bits per heavy atom. The molecule has 17 heavy (non-hydrogen) atoms. The zero-order valence-electron chi connectivity index (χ0n) is 10.3. The molecule has 1 aliphatic carbocycles. The molecule has 0 amide bonds. The van der Waals surface area contributed by atoms with Crippen LogP contribution in [0.2, 0.25) is 0 Å². The van der Waals surface area contributed by atoms with E-state index in [0.29, 0.717) is 12.8 Å². The van der Waals surface area contributed by atoms with Crippen molar-refractivity contribution in [2.75, 3.05) is 0 Å². The maximum Gasteiger partial charge on any atom is 0.158 e. The van der Waals surface area contributed by atoms with Gasteiger partial charge in [-0.1, -0.05) is 20.3 Å². The Hall–Kier alpha value is -1.56. The predicted octanol–water partition coefficient (Wildman–Crippen LogP) is 3.11. The summed E-state index contributed by atoms with van der Waals surface area (Å²) in [6, 6.07) is 4.10. The van der Waals surface area contributed by atoms with Crippen molar-refractivity contribution in [2.24, 2.45) is 10.8 Å². The van der Waals surface area contributed by atoms with Crippen LogP contribution in [-0.2, 0) is 11.2 Å². The van der Waals surface area contributed by atoms with Gasteiger partial charge in [-0.25, -0.2) is 0 Å². The number of Topliss-reactive ketones (excluding diaryl/α,β-unsaturated/α-hetero) is 1. The first kappa shape index (κ1) is 11.9. The molecule has 0 aliphatic heterocycles. The van der Waals surface area contributed by atoms with E-state index < -0.39 is 5.41 Å². The molecule has 90 valence electrons. The van der Waals surface area contributed by atoms with Crippen molar-refractivity contribution in [2.45, 2.75) is 39.5 Å². The molecular weight excluding hydrogens is 214 g/mol. The third kappa shape index (κ3) is 2.00. The van der Waals surface area contributed by atoms with Crippen LogP contribution in [0, 0.1) is 22.2 Å². The van der Waals surface area contributed by atoms with Crippen LogP contribution in [0.15, 0.2) is 23.0 Å². The van der Waals surface area contributed by atoms with Gasteiger partial charge in [0, 0.05) is 11.8 Å². The zero-order valence-corrected chi connectivity index (χ0v) is 10.3. The number of nitrogens with zero attached hydrogens (tertiary/aromatic N) is 1. The lowest BCUT2D eigenvalue weighted by atomic mass is 9.61. The van der Waals surface area contributed by atoms with Gasteiger partial charge in [0.25, 0.3) is 0 Å². The van der Waals surface area contributed by atoms with Crippen LogP contribution in [0.4, 0.5) is 0 Å². The maximum absolute atomic E-state index is 12.5. The lowest BCUT2D eigenvalue weighted by Gasteiger charge is -2.38. The molecule has 0 radical (unpaired) electrons. The first-order valence-electron chi connectivity index (χ1n) is 5.97. The average Bonchev–Trinajstić information content (AvgIpc) is 2.77. The van der Waals surface area contributed by atoms with Gasteiger partial charge in [0.2, 0.25) is 0 Å². The molecule has 1 aromatic heterocycles. The molecule has 0 saturated heterocycles. The summed E-state index contributed by atoms with van der Waals surface area (Å²) in [7, 11) is 0. The monoisotopic (exact) mass is 231 g/mol. The maximum atomic E-state index is 12.5. The van der Waals surface area contributed by atoms with Crippen molar-refractivity contribution in [3.05, 3.63) is 24.2 Å². The molecule has 3 nitrogen and oxygen atoms in total. The largest absolute Gasteiger partial charge is 0.472 e. The second-order valence-corrected chi connectivity index (χ2v) is 5.57. The van der Waals surface area contributed by atoms with Crippen LogP contribution in [0.3, 0.4) is 0 Å². The van der Waals surface area contributed by atoms with E-state index in [9.17, 15) is 10.1 Å². The number of hydrogen-bond donors (Lipinski definition) is 0. The Labute approximate surface area is 101 Å². The molecule has 0 aromatic carbocycles. The minimum absolute atomic E-state index is 0.0833. The summed E-state index contributed by atoms with van der Waals surface area (Å²) >= 11 is 0. The number of hydrogen-bond acceptors (Lipinski definition) is 3. The topological polar surface area (TPSA) is 54.0 Å². The highest BCUT2D eigenvalue weighted by Crippen LogP contribution is 2.44. The predicted molar refractivity (Wildman–Crippen MR) is 63.1 cm³/mol. The molecule has 1 aromatic rings. The Morgan fingerprint density at radius 3 is 2.82 bits per heavy atom. The highest BCUT2D eigenvalue weighted by Gasteiger charge is 2.49. The minimum Gasteiger partial charge on any atom is -0.472 e. The normalized spacial score (nSPS) is 27.7. The van der Waals surface area contributed by atoms with Crippen LogP contribution in [0.5, 0.6) is 0 Å². The first-order valence-corrected chi connectivity index (χ1v) is 5.97. The fraction of sp³-hybridized carbons (Fsp3) is 0.571. The summed E-state index contributed by atoms with van der Waals surface area (Å²) in [4.78, 5) is 12.5. The van der Waals surface area contributed by atoms with Gasteiger partial charge in [-0.3, -0.25) is 4.79 Å². The molecule has 3 heteroatoms. The summed E-state index contributed by atoms with van der Waals surface area (Å²) in [5, 5.41) is 9.44. The molecule has 0 N–H and O–H groups in total. The lowest BCUT2D eigenvalue weighted by molar-refractivity contribution is -0.138. The SMILES string of the molecule is CC1(C)CCCC(C#N)(Cc2ccoc2)C1=O. The zero-order chi connectivity index (χ0) is 12.5. The Bertz CT molecular complexity index is 453. The van der Waals surface area contributed by atoms with Crippen molar-refractivity contribution in [1.29, 1.82) is 5.26 Å². The average molecular weight is 231 g/mol. The molecule has 1 saturated carbocycles. The highest BCUT2D eigenvalue weighted by atomic mass is 16.3. The van der Waals surface area contributed by atoms with Gasteiger partial charge >= 0.3 is 0 Å². The number of carbonyl (C=O) groups excluding carboxylic acids is 1. The number of furan rings is 1. The molecule has 1 fully saturated rings. The standard InChI is InChI=1S/C14H17NO2/c1-13(2)5-3-6-14(10-15,12(13)16)8-11-4-7-17-9-11/h4,7,9H,3,5-6,8H2,1-2H3. The van der Waals surface area contributed by atoms with E-state index in [1.165, 1.54) is 0 Å². The molecular formula is C14H17NO2. The minimum atomic E-state index is -0.856. The van der Waals surface area contributed by atoms with E-state index in [4.69, 9.17) is 4.42 Å². The van der Waals surface area contributed by atoms with Gasteiger partial charge in [-0.2, -0.15) is 5.26 Å². The Balaban J connectivity index is 2.31. The van der Waals surface area contributed by atoms with E-state index in [0.717, 1.165) is 18.4 Å². The molecule has 0 bridgehead atoms. The van der Waals surface area contributed by atoms with Crippen molar-refractivity contribution >= 4 is 5.78 Å². The van der Waals surface area contributed by atoms with Crippen LogP contribution in [-0.4, -0.2) is 5.78 Å². The summed E-state index contributed by atoms with van der Waals surface area (Å²) in [5.41, 5.74) is -0.304. The highest BCUT2D eigenvalue weighted by molar-refractivity contribution is 5.93. The van der Waals surface area contributed by atoms with Gasteiger partial charge in [0.05, 0.1) is 18.6 Å². The molecule has 1 atom stereocenters. The van der Waals surface area contributed by atoms with Gasteiger partial charge in [0.15, 0.2) is 5.78 Å². The van der Waals surface area contributed by atoms with Crippen LogP contribution >= 0.6 is 0 Å². The van der Waals surface area contributed by atoms with Crippen LogP contribution in [0.25, 0.3) is 0 Å². The fourth-order valence-electron chi connectivity index (χ4n) is 2.76. The van der Waals surface area contributed by atoms with E-state index in [1.54, 1.807) is 12.5 Å². The number of carbonyl (C=O) groups is 1. The van der Waals surface area contributed by atoms with Gasteiger partial charge in [0.1, 0.15) is 5.41 Å². The van der Waals surface area contributed by atoms with Gasteiger partial charge in [-0.15, -0.1) is 0 Å². The second kappa shape index (κ2) is 4.03. The Morgan fingerprint density at radius 1 is 1.47 bits per heavy atom. The van der Waals surface area contributed by atoms with E-state index in [-0.39, 0.29) is 11.2 Å². The fourth-order valence-corrected chi connectivity index (χ4v) is 2.76. The van der Waals surface area contributed by atoms with Gasteiger partial charge in [-0.05, 0) is 24.5 Å². The smallest absolute Gasteiger partial charge is 0.158 e.